The van der Waals surface area contributed by atoms with E-state index >= 15 is 0 Å². The van der Waals surface area contributed by atoms with Crippen LogP contribution in [-0.4, -0.2) is 44.4 Å². The van der Waals surface area contributed by atoms with Crippen molar-refractivity contribution in [3.05, 3.63) is 0 Å². The van der Waals surface area contributed by atoms with Gasteiger partial charge in [-0.25, -0.2) is 5.32 Å². The van der Waals surface area contributed by atoms with Crippen LogP contribution in [0.3, 0.4) is 0 Å². The van der Waals surface area contributed by atoms with E-state index in [2.05, 4.69) is 17.1 Å². The molecule has 0 N–H and O–H groups in total. The van der Waals surface area contributed by atoms with Crippen LogP contribution < -0.4 is 5.32 Å². The van der Waals surface area contributed by atoms with Gasteiger partial charge in [-0.15, -0.1) is 0 Å². The summed E-state index contributed by atoms with van der Waals surface area (Å²) in [5.74, 6) is 0. The van der Waals surface area contributed by atoms with Crippen molar-refractivity contribution in [1.29, 1.82) is 0 Å². The first-order chi connectivity index (χ1) is 4.84. The van der Waals surface area contributed by atoms with Crippen molar-refractivity contribution in [3.8, 4) is 0 Å². The fourth-order valence-corrected chi connectivity index (χ4v) is 1.11. The van der Waals surface area contributed by atoms with Gasteiger partial charge in [0.1, 0.15) is 0 Å². The Labute approximate surface area is 62.3 Å². The summed E-state index contributed by atoms with van der Waals surface area (Å²) in [6.45, 7) is 5.89. The second kappa shape index (κ2) is 3.91. The summed E-state index contributed by atoms with van der Waals surface area (Å²) in [7, 11) is 1.86. The zero-order chi connectivity index (χ0) is 7.40. The molecule has 1 unspecified atom stereocenters. The van der Waals surface area contributed by atoms with Crippen molar-refractivity contribution in [3.63, 3.8) is 0 Å². The monoisotopic (exact) mass is 143 g/mol. The molecule has 1 rings (SSSR count). The van der Waals surface area contributed by atoms with Gasteiger partial charge in [0.2, 0.25) is 0 Å². The molecular formula is C7H15N2O. The predicted molar refractivity (Wildman–Crippen MR) is 39.9 cm³/mol. The Hall–Kier alpha value is -0.120. The molecule has 0 bridgehead atoms. The van der Waals surface area contributed by atoms with Gasteiger partial charge < -0.3 is 4.74 Å². The van der Waals surface area contributed by atoms with Crippen molar-refractivity contribution in [1.82, 2.24) is 10.2 Å². The largest absolute Gasteiger partial charge is 0.379 e. The van der Waals surface area contributed by atoms with Crippen LogP contribution in [0.4, 0.5) is 0 Å². The summed E-state index contributed by atoms with van der Waals surface area (Å²) in [4.78, 5) is 2.32. The molecule has 0 aliphatic carbocycles. The molecule has 1 aliphatic heterocycles. The van der Waals surface area contributed by atoms with E-state index in [0.29, 0.717) is 6.17 Å². The molecular weight excluding hydrogens is 128 g/mol. The van der Waals surface area contributed by atoms with Crippen LogP contribution in [0.25, 0.3) is 0 Å². The Morgan fingerprint density at radius 1 is 1.40 bits per heavy atom. The standard InChI is InChI=1S/C7H15N2O/c1-7(8-2)9-3-5-10-6-4-9/h7H,3-6H2,1-2H3. The second-order valence-corrected chi connectivity index (χ2v) is 2.54. The van der Waals surface area contributed by atoms with Crippen LogP contribution in [0.1, 0.15) is 6.92 Å². The fraction of sp³-hybridized carbons (Fsp3) is 1.00. The maximum atomic E-state index is 5.21. The molecule has 1 saturated heterocycles. The quantitative estimate of drug-likeness (QED) is 0.539. The van der Waals surface area contributed by atoms with E-state index in [9.17, 15) is 0 Å². The molecule has 1 fully saturated rings. The van der Waals surface area contributed by atoms with Gasteiger partial charge in [-0.1, -0.05) is 0 Å². The topological polar surface area (TPSA) is 26.6 Å². The highest BCUT2D eigenvalue weighted by molar-refractivity contribution is 4.65. The zero-order valence-electron chi connectivity index (χ0n) is 6.71. The predicted octanol–water partition coefficient (Wildman–Crippen LogP) is -0.101. The minimum absolute atomic E-state index is 0.365. The van der Waals surface area contributed by atoms with Gasteiger partial charge in [0, 0.05) is 20.1 Å². The Kier molecular flexibility index (Phi) is 3.12. The summed E-state index contributed by atoms with van der Waals surface area (Å²) in [6.07, 6.45) is 0.365. The van der Waals surface area contributed by atoms with E-state index < -0.39 is 0 Å². The molecule has 0 saturated carbocycles. The Bertz CT molecular complexity index is 91.6. The normalized spacial score (nSPS) is 24.6. The first-order valence-electron chi connectivity index (χ1n) is 3.75. The average molecular weight is 143 g/mol. The van der Waals surface area contributed by atoms with Crippen LogP contribution in [0.5, 0.6) is 0 Å². The third-order valence-electron chi connectivity index (χ3n) is 1.95. The molecule has 0 amide bonds. The van der Waals surface area contributed by atoms with Crippen LogP contribution in [0.15, 0.2) is 0 Å². The molecule has 0 aromatic carbocycles. The molecule has 1 radical (unpaired) electrons. The van der Waals surface area contributed by atoms with E-state index in [0.717, 1.165) is 26.3 Å². The number of hydrogen-bond donors (Lipinski definition) is 0. The Morgan fingerprint density at radius 2 is 2.00 bits per heavy atom. The van der Waals surface area contributed by atoms with Crippen LogP contribution in [0.2, 0.25) is 0 Å². The van der Waals surface area contributed by atoms with E-state index in [-0.39, 0.29) is 0 Å². The highest BCUT2D eigenvalue weighted by Crippen LogP contribution is 2.00. The highest BCUT2D eigenvalue weighted by atomic mass is 16.5. The molecule has 0 aromatic rings. The number of morpholine rings is 1. The van der Waals surface area contributed by atoms with E-state index in [4.69, 9.17) is 4.74 Å². The summed E-state index contributed by atoms with van der Waals surface area (Å²) >= 11 is 0. The number of rotatable bonds is 2. The first kappa shape index (κ1) is 7.98. The SMILES string of the molecule is C[N]C(C)N1CCOCC1. The number of ether oxygens (including phenoxy) is 1. The van der Waals surface area contributed by atoms with Crippen molar-refractivity contribution in [2.24, 2.45) is 0 Å². The third-order valence-corrected chi connectivity index (χ3v) is 1.95. The van der Waals surface area contributed by atoms with Gasteiger partial charge in [-0.3, -0.25) is 4.90 Å². The van der Waals surface area contributed by atoms with Crippen LogP contribution in [-0.2, 0) is 4.74 Å². The molecule has 3 heteroatoms. The maximum Gasteiger partial charge on any atom is 0.0730 e. The molecule has 1 aliphatic rings. The lowest BCUT2D eigenvalue weighted by atomic mass is 10.4. The molecule has 1 atom stereocenters. The van der Waals surface area contributed by atoms with Crippen molar-refractivity contribution in [2.75, 3.05) is 33.4 Å². The van der Waals surface area contributed by atoms with Crippen molar-refractivity contribution >= 4 is 0 Å². The molecule has 3 nitrogen and oxygen atoms in total. The lowest BCUT2D eigenvalue weighted by Gasteiger charge is -2.30. The smallest absolute Gasteiger partial charge is 0.0730 e. The summed E-state index contributed by atoms with van der Waals surface area (Å²) < 4.78 is 5.21. The summed E-state index contributed by atoms with van der Waals surface area (Å²) in [5, 5.41) is 4.18. The molecule has 59 valence electrons. The van der Waals surface area contributed by atoms with Gasteiger partial charge in [0.25, 0.3) is 0 Å². The minimum atomic E-state index is 0.365. The summed E-state index contributed by atoms with van der Waals surface area (Å²) in [6, 6.07) is 0. The highest BCUT2D eigenvalue weighted by Gasteiger charge is 2.14. The van der Waals surface area contributed by atoms with Gasteiger partial charge in [-0.2, -0.15) is 0 Å². The first-order valence-corrected chi connectivity index (χ1v) is 3.75. The number of nitrogens with zero attached hydrogens (tertiary/aromatic N) is 2. The maximum absolute atomic E-state index is 5.21. The minimum Gasteiger partial charge on any atom is -0.379 e. The van der Waals surface area contributed by atoms with Gasteiger partial charge in [0.15, 0.2) is 0 Å². The van der Waals surface area contributed by atoms with Gasteiger partial charge in [0.05, 0.1) is 19.4 Å². The molecule has 0 spiro atoms. The molecule has 10 heavy (non-hydrogen) atoms. The number of hydrogen-bond acceptors (Lipinski definition) is 2. The van der Waals surface area contributed by atoms with Gasteiger partial charge in [-0.05, 0) is 6.92 Å². The average Bonchev–Trinajstić information content (AvgIpc) is 2.05. The second-order valence-electron chi connectivity index (χ2n) is 2.54. The third kappa shape index (κ3) is 1.94. The van der Waals surface area contributed by atoms with Crippen molar-refractivity contribution in [2.45, 2.75) is 13.1 Å². The van der Waals surface area contributed by atoms with Gasteiger partial charge >= 0.3 is 0 Å². The zero-order valence-corrected chi connectivity index (χ0v) is 6.71. The van der Waals surface area contributed by atoms with E-state index in [1.165, 1.54) is 0 Å². The molecule has 1 heterocycles. The Morgan fingerprint density at radius 3 is 2.50 bits per heavy atom. The summed E-state index contributed by atoms with van der Waals surface area (Å²) in [5.41, 5.74) is 0. The van der Waals surface area contributed by atoms with E-state index in [1.807, 2.05) is 7.05 Å². The lowest BCUT2D eigenvalue weighted by Crippen LogP contribution is -2.45. The van der Waals surface area contributed by atoms with Crippen molar-refractivity contribution < 1.29 is 4.74 Å². The Balaban J connectivity index is 2.24. The van der Waals surface area contributed by atoms with Crippen LogP contribution >= 0.6 is 0 Å². The molecule has 0 aromatic heterocycles. The fourth-order valence-electron chi connectivity index (χ4n) is 1.11. The van der Waals surface area contributed by atoms with E-state index in [1.54, 1.807) is 0 Å². The lowest BCUT2D eigenvalue weighted by molar-refractivity contribution is 0.0141. The van der Waals surface area contributed by atoms with Crippen LogP contribution in [0, 0.1) is 0 Å².